The molecule has 10 heteroatoms. The van der Waals surface area contributed by atoms with Crippen LogP contribution in [0.2, 0.25) is 0 Å². The molecule has 32 heavy (non-hydrogen) atoms. The van der Waals surface area contributed by atoms with E-state index in [1.807, 2.05) is 34.2 Å². The molecule has 0 aliphatic carbocycles. The number of benzene rings is 2. The van der Waals surface area contributed by atoms with Crippen molar-refractivity contribution in [3.63, 3.8) is 0 Å². The first-order valence-corrected chi connectivity index (χ1v) is 12.6. The number of fused-ring (bicyclic) bond motifs is 1. The van der Waals surface area contributed by atoms with Gasteiger partial charge in [-0.25, -0.2) is 18.4 Å². The summed E-state index contributed by atoms with van der Waals surface area (Å²) in [6.07, 6.45) is 1.74. The lowest BCUT2D eigenvalue weighted by atomic mass is 10.3. The van der Waals surface area contributed by atoms with E-state index in [9.17, 15) is 13.2 Å². The highest BCUT2D eigenvalue weighted by Gasteiger charge is 2.27. The Morgan fingerprint density at radius 1 is 1.09 bits per heavy atom. The summed E-state index contributed by atoms with van der Waals surface area (Å²) in [6, 6.07) is 14.0. The molecule has 4 aromatic rings. The Labute approximate surface area is 189 Å². The normalized spacial score (nSPS) is 14.8. The highest BCUT2D eigenvalue weighted by atomic mass is 32.2. The Bertz CT molecular complexity index is 1370. The summed E-state index contributed by atoms with van der Waals surface area (Å²) < 4.78 is 29.0. The van der Waals surface area contributed by atoms with E-state index in [-0.39, 0.29) is 17.3 Å². The second-order valence-corrected chi connectivity index (χ2v) is 10.2. The predicted octanol–water partition coefficient (Wildman–Crippen LogP) is 3.58. The number of para-hydroxylation sites is 2. The summed E-state index contributed by atoms with van der Waals surface area (Å²) in [4.78, 5) is 22.1. The monoisotopic (exact) mass is 467 g/mol. The number of imidazole rings is 1. The molecule has 0 bridgehead atoms. The molecule has 0 atom stereocenters. The molecule has 0 radical (unpaired) electrons. The quantitative estimate of drug-likeness (QED) is 0.467. The van der Waals surface area contributed by atoms with Crippen molar-refractivity contribution in [2.75, 3.05) is 18.4 Å². The van der Waals surface area contributed by atoms with Crippen LogP contribution in [0.3, 0.4) is 0 Å². The van der Waals surface area contributed by atoms with E-state index in [1.54, 1.807) is 23.7 Å². The van der Waals surface area contributed by atoms with Gasteiger partial charge in [0, 0.05) is 24.2 Å². The lowest BCUT2D eigenvalue weighted by Gasteiger charge is -2.16. The summed E-state index contributed by atoms with van der Waals surface area (Å²) in [7, 11) is -3.55. The number of amides is 1. The zero-order chi connectivity index (χ0) is 22.1. The second-order valence-electron chi connectivity index (χ2n) is 7.57. The minimum atomic E-state index is -3.55. The number of thiazole rings is 1. The Kier molecular flexibility index (Phi) is 5.50. The zero-order valence-electron chi connectivity index (χ0n) is 17.1. The van der Waals surface area contributed by atoms with Crippen LogP contribution in [-0.2, 0) is 21.4 Å². The molecule has 1 aliphatic heterocycles. The maximum atomic E-state index is 12.9. The topological polar surface area (TPSA) is 97.2 Å². The molecular formula is C22H21N5O3S2. The van der Waals surface area contributed by atoms with Crippen molar-refractivity contribution in [1.29, 1.82) is 0 Å². The third-order valence-electron chi connectivity index (χ3n) is 5.44. The van der Waals surface area contributed by atoms with Crippen molar-refractivity contribution in [1.82, 2.24) is 18.8 Å². The van der Waals surface area contributed by atoms with E-state index in [1.165, 1.54) is 21.7 Å². The fraction of sp³-hybridized carbons (Fsp3) is 0.227. The number of anilines is 1. The van der Waals surface area contributed by atoms with Gasteiger partial charge >= 0.3 is 0 Å². The summed E-state index contributed by atoms with van der Waals surface area (Å²) in [5.74, 6) is 0.341. The van der Waals surface area contributed by atoms with E-state index in [0.717, 1.165) is 23.9 Å². The van der Waals surface area contributed by atoms with Gasteiger partial charge in [-0.15, -0.1) is 11.3 Å². The van der Waals surface area contributed by atoms with E-state index in [2.05, 4.69) is 15.3 Å². The minimum Gasteiger partial charge on any atom is -0.324 e. The van der Waals surface area contributed by atoms with Crippen LogP contribution < -0.4 is 5.32 Å². The summed E-state index contributed by atoms with van der Waals surface area (Å²) in [5, 5.41) is 4.72. The molecule has 3 heterocycles. The summed E-state index contributed by atoms with van der Waals surface area (Å²) in [6.45, 7) is 1.09. The Morgan fingerprint density at radius 3 is 2.69 bits per heavy atom. The van der Waals surface area contributed by atoms with Gasteiger partial charge in [-0.2, -0.15) is 4.31 Å². The molecule has 0 spiro atoms. The van der Waals surface area contributed by atoms with Crippen molar-refractivity contribution in [2.24, 2.45) is 0 Å². The summed E-state index contributed by atoms with van der Waals surface area (Å²) in [5.41, 5.74) is 4.48. The van der Waals surface area contributed by atoms with Crippen LogP contribution in [-0.4, -0.2) is 46.3 Å². The molecule has 1 aliphatic rings. The van der Waals surface area contributed by atoms with Gasteiger partial charge < -0.3 is 9.88 Å². The van der Waals surface area contributed by atoms with E-state index in [4.69, 9.17) is 0 Å². The van der Waals surface area contributed by atoms with Crippen LogP contribution >= 0.6 is 11.3 Å². The largest absolute Gasteiger partial charge is 0.324 e. The number of hydrogen-bond donors (Lipinski definition) is 1. The fourth-order valence-corrected chi connectivity index (χ4v) is 6.00. The first kappa shape index (κ1) is 20.8. The molecule has 2 aromatic heterocycles. The lowest BCUT2D eigenvalue weighted by molar-refractivity contribution is -0.116. The summed E-state index contributed by atoms with van der Waals surface area (Å²) >= 11 is 1.46. The fourth-order valence-electron chi connectivity index (χ4n) is 3.91. The van der Waals surface area contributed by atoms with E-state index >= 15 is 0 Å². The van der Waals surface area contributed by atoms with Gasteiger partial charge in [0.15, 0.2) is 5.82 Å². The molecule has 1 fully saturated rings. The maximum absolute atomic E-state index is 12.9. The Balaban J connectivity index is 1.40. The average Bonchev–Trinajstić information content (AvgIpc) is 3.55. The molecule has 1 N–H and O–H groups in total. The van der Waals surface area contributed by atoms with E-state index < -0.39 is 10.0 Å². The van der Waals surface area contributed by atoms with Crippen LogP contribution in [0, 0.1) is 0 Å². The van der Waals surface area contributed by atoms with Gasteiger partial charge in [0.25, 0.3) is 0 Å². The molecular weight excluding hydrogens is 446 g/mol. The molecule has 0 saturated carbocycles. The van der Waals surface area contributed by atoms with Crippen molar-refractivity contribution in [2.45, 2.75) is 24.3 Å². The highest BCUT2D eigenvalue weighted by Crippen LogP contribution is 2.26. The predicted molar refractivity (Wildman–Crippen MR) is 124 cm³/mol. The van der Waals surface area contributed by atoms with Crippen molar-refractivity contribution in [3.8, 4) is 11.5 Å². The number of nitrogens with one attached hydrogen (secondary N) is 1. The first-order valence-electron chi connectivity index (χ1n) is 10.3. The van der Waals surface area contributed by atoms with Gasteiger partial charge in [-0.05, 0) is 43.2 Å². The number of hydrogen-bond acceptors (Lipinski definition) is 6. The lowest BCUT2D eigenvalue weighted by Crippen LogP contribution is -2.28. The van der Waals surface area contributed by atoms with Crippen LogP contribution in [0.4, 0.5) is 5.69 Å². The molecule has 2 aromatic carbocycles. The number of carbonyl (C=O) groups is 1. The second kappa shape index (κ2) is 8.45. The number of rotatable bonds is 6. The third-order valence-corrected chi connectivity index (χ3v) is 7.92. The number of sulfonamides is 1. The first-order chi connectivity index (χ1) is 15.5. The molecule has 164 valence electrons. The van der Waals surface area contributed by atoms with Crippen LogP contribution in [0.5, 0.6) is 0 Å². The van der Waals surface area contributed by atoms with Crippen molar-refractivity contribution < 1.29 is 13.2 Å². The average molecular weight is 468 g/mol. The van der Waals surface area contributed by atoms with Crippen LogP contribution in [0.15, 0.2) is 64.3 Å². The molecule has 0 unspecified atom stereocenters. The third kappa shape index (κ3) is 3.92. The highest BCUT2D eigenvalue weighted by molar-refractivity contribution is 7.89. The van der Waals surface area contributed by atoms with Crippen LogP contribution in [0.25, 0.3) is 22.6 Å². The SMILES string of the molecule is O=C(Cn1c(-c2cscn2)nc2ccccc21)Nc1cccc(S(=O)(=O)N2CCCC2)c1. The van der Waals surface area contributed by atoms with Crippen LogP contribution in [0.1, 0.15) is 12.8 Å². The minimum absolute atomic E-state index is 0.0243. The van der Waals surface area contributed by atoms with Crippen molar-refractivity contribution in [3.05, 3.63) is 59.4 Å². The molecule has 8 nitrogen and oxygen atoms in total. The zero-order valence-corrected chi connectivity index (χ0v) is 18.8. The smallest absolute Gasteiger partial charge is 0.244 e. The molecule has 1 amide bonds. The maximum Gasteiger partial charge on any atom is 0.244 e. The van der Waals surface area contributed by atoms with Gasteiger partial charge in [-0.1, -0.05) is 18.2 Å². The number of carbonyl (C=O) groups excluding carboxylic acids is 1. The Hall–Kier alpha value is -3.08. The van der Waals surface area contributed by atoms with Gasteiger partial charge in [0.05, 0.1) is 21.4 Å². The number of aromatic nitrogens is 3. The standard InChI is InChI=1S/C22H21N5O3S2/c28-21(24-16-6-5-7-17(12-16)32(29,30)26-10-3-4-11-26)13-27-20-9-2-1-8-18(20)25-22(27)19-14-31-15-23-19/h1-2,5-9,12,14-15H,3-4,10-11,13H2,(H,24,28). The van der Waals surface area contributed by atoms with E-state index in [0.29, 0.717) is 30.3 Å². The van der Waals surface area contributed by atoms with Gasteiger partial charge in [0.2, 0.25) is 15.9 Å². The number of nitrogens with zero attached hydrogens (tertiary/aromatic N) is 4. The Morgan fingerprint density at radius 2 is 1.91 bits per heavy atom. The van der Waals surface area contributed by atoms with Crippen molar-refractivity contribution >= 4 is 44.0 Å². The van der Waals surface area contributed by atoms with Gasteiger partial charge in [0.1, 0.15) is 12.2 Å². The molecule has 5 rings (SSSR count). The molecule has 1 saturated heterocycles. The van der Waals surface area contributed by atoms with Gasteiger partial charge in [-0.3, -0.25) is 4.79 Å².